The summed E-state index contributed by atoms with van der Waals surface area (Å²) < 4.78 is 0. The van der Waals surface area contributed by atoms with Crippen molar-refractivity contribution in [2.24, 2.45) is 0 Å². The Labute approximate surface area is 112 Å². The number of amides is 1. The lowest BCUT2D eigenvalue weighted by Gasteiger charge is -2.16. The maximum atomic E-state index is 12.3. The third-order valence-electron chi connectivity index (χ3n) is 3.29. The number of likely N-dealkylation sites (tertiary alicyclic amines) is 1. The van der Waals surface area contributed by atoms with E-state index in [2.05, 4.69) is 10.3 Å². The van der Waals surface area contributed by atoms with Crippen LogP contribution in [0.5, 0.6) is 0 Å². The number of β-amino-alcohol motifs (C(OH)–C–C–N with tert-alkyl or cyclic N) is 2. The van der Waals surface area contributed by atoms with E-state index in [0.29, 0.717) is 11.4 Å². The lowest BCUT2D eigenvalue weighted by Crippen LogP contribution is -2.30. The van der Waals surface area contributed by atoms with Gasteiger partial charge in [-0.3, -0.25) is 4.79 Å². The predicted molar refractivity (Wildman–Crippen MR) is 71.1 cm³/mol. The number of hydrogen-bond acceptors (Lipinski definition) is 5. The molecule has 2 atom stereocenters. The molecule has 1 amide bonds. The molecule has 0 aliphatic carbocycles. The summed E-state index contributed by atoms with van der Waals surface area (Å²) in [5, 5.41) is 21.9. The highest BCUT2D eigenvalue weighted by atomic mass is 16.3. The van der Waals surface area contributed by atoms with Gasteiger partial charge >= 0.3 is 0 Å². The van der Waals surface area contributed by atoms with Gasteiger partial charge in [-0.05, 0) is 18.6 Å². The summed E-state index contributed by atoms with van der Waals surface area (Å²) in [5.41, 5.74) is 1.35. The maximum Gasteiger partial charge on any atom is 0.254 e. The average molecular weight is 265 g/mol. The van der Waals surface area contributed by atoms with Crippen LogP contribution in [0.15, 0.2) is 12.1 Å². The zero-order valence-electron chi connectivity index (χ0n) is 11.1. The molecule has 1 aromatic heterocycles. The topological polar surface area (TPSA) is 85.7 Å². The minimum absolute atomic E-state index is 0.165. The van der Waals surface area contributed by atoms with E-state index in [4.69, 9.17) is 0 Å². The number of carbonyl (C=O) groups is 1. The van der Waals surface area contributed by atoms with Crippen molar-refractivity contribution in [2.45, 2.75) is 25.6 Å². The average Bonchev–Trinajstić information content (AvgIpc) is 2.77. The van der Waals surface area contributed by atoms with Crippen molar-refractivity contribution in [2.75, 3.05) is 25.5 Å². The molecule has 1 saturated heterocycles. The zero-order chi connectivity index (χ0) is 14.0. The van der Waals surface area contributed by atoms with Gasteiger partial charge in [-0.25, -0.2) is 4.98 Å². The molecule has 0 saturated carbocycles. The van der Waals surface area contributed by atoms with Gasteiger partial charge in [0.25, 0.3) is 5.91 Å². The summed E-state index contributed by atoms with van der Waals surface area (Å²) in [6.45, 7) is 2.30. The number of aryl methyl sites for hydroxylation is 1. The highest BCUT2D eigenvalue weighted by Crippen LogP contribution is 2.17. The van der Waals surface area contributed by atoms with Gasteiger partial charge in [0.05, 0.1) is 12.2 Å². The number of aliphatic hydroxyl groups excluding tert-OH is 2. The first-order valence-electron chi connectivity index (χ1n) is 6.39. The van der Waals surface area contributed by atoms with Crippen LogP contribution in [-0.4, -0.2) is 58.3 Å². The van der Waals surface area contributed by atoms with E-state index in [0.717, 1.165) is 12.1 Å². The second kappa shape index (κ2) is 5.54. The fraction of sp³-hybridized carbons (Fsp3) is 0.538. The van der Waals surface area contributed by atoms with Gasteiger partial charge < -0.3 is 20.4 Å². The molecule has 2 heterocycles. The van der Waals surface area contributed by atoms with Gasteiger partial charge in [0.15, 0.2) is 0 Å². The van der Waals surface area contributed by atoms with Crippen molar-refractivity contribution in [1.82, 2.24) is 9.88 Å². The first-order chi connectivity index (χ1) is 9.05. The van der Waals surface area contributed by atoms with Crippen molar-refractivity contribution < 1.29 is 15.0 Å². The molecular weight excluding hydrogens is 246 g/mol. The normalized spacial score (nSPS) is 22.6. The molecule has 0 radical (unpaired) electrons. The second-order valence-electron chi connectivity index (χ2n) is 4.68. The molecule has 2 unspecified atom stereocenters. The number of aromatic nitrogens is 1. The van der Waals surface area contributed by atoms with E-state index in [9.17, 15) is 15.0 Å². The van der Waals surface area contributed by atoms with E-state index < -0.39 is 12.2 Å². The maximum absolute atomic E-state index is 12.3. The minimum Gasteiger partial charge on any atom is -0.388 e. The largest absolute Gasteiger partial charge is 0.388 e. The van der Waals surface area contributed by atoms with Crippen molar-refractivity contribution in [3.8, 4) is 0 Å². The smallest absolute Gasteiger partial charge is 0.254 e. The van der Waals surface area contributed by atoms with Gasteiger partial charge in [-0.15, -0.1) is 0 Å². The Morgan fingerprint density at radius 1 is 1.42 bits per heavy atom. The molecule has 1 fully saturated rings. The van der Waals surface area contributed by atoms with E-state index >= 15 is 0 Å². The first-order valence-corrected chi connectivity index (χ1v) is 6.39. The van der Waals surface area contributed by atoms with Crippen LogP contribution in [0.3, 0.4) is 0 Å². The lowest BCUT2D eigenvalue weighted by molar-refractivity contribution is 0.0572. The number of pyridine rings is 1. The molecule has 6 heteroatoms. The van der Waals surface area contributed by atoms with E-state index in [-0.39, 0.29) is 19.0 Å². The Morgan fingerprint density at radius 3 is 2.58 bits per heavy atom. The molecule has 104 valence electrons. The first kappa shape index (κ1) is 13.8. The third-order valence-corrected chi connectivity index (χ3v) is 3.29. The van der Waals surface area contributed by atoms with Gasteiger partial charge in [-0.1, -0.05) is 6.92 Å². The van der Waals surface area contributed by atoms with Crippen LogP contribution < -0.4 is 5.32 Å². The number of anilines is 1. The molecule has 0 bridgehead atoms. The predicted octanol–water partition coefficient (Wildman–Crippen LogP) is -0.137. The Bertz CT molecular complexity index is 446. The lowest BCUT2D eigenvalue weighted by atomic mass is 10.1. The summed E-state index contributed by atoms with van der Waals surface area (Å²) in [4.78, 5) is 18.1. The Morgan fingerprint density at radius 2 is 2.05 bits per heavy atom. The molecule has 3 N–H and O–H groups in total. The van der Waals surface area contributed by atoms with Crippen molar-refractivity contribution >= 4 is 11.7 Å². The highest BCUT2D eigenvalue weighted by Gasteiger charge is 2.33. The molecule has 6 nitrogen and oxygen atoms in total. The van der Waals surface area contributed by atoms with Crippen LogP contribution in [-0.2, 0) is 6.42 Å². The second-order valence-corrected chi connectivity index (χ2v) is 4.68. The van der Waals surface area contributed by atoms with Crippen LogP contribution in [0.2, 0.25) is 0 Å². The zero-order valence-corrected chi connectivity index (χ0v) is 11.1. The summed E-state index contributed by atoms with van der Waals surface area (Å²) in [6.07, 6.45) is -0.985. The molecule has 0 spiro atoms. The summed E-state index contributed by atoms with van der Waals surface area (Å²) in [6, 6.07) is 3.43. The number of nitrogens with zero attached hydrogens (tertiary/aromatic N) is 2. The van der Waals surface area contributed by atoms with E-state index in [1.807, 2.05) is 6.92 Å². The highest BCUT2D eigenvalue weighted by molar-refractivity contribution is 5.95. The van der Waals surface area contributed by atoms with Crippen molar-refractivity contribution in [3.63, 3.8) is 0 Å². The molecular formula is C13H19N3O3. The Kier molecular flexibility index (Phi) is 4.01. The van der Waals surface area contributed by atoms with Gasteiger partial charge in [-0.2, -0.15) is 0 Å². The molecule has 1 aromatic rings. The number of rotatable bonds is 3. The number of nitrogens with one attached hydrogen (secondary N) is 1. The van der Waals surface area contributed by atoms with Gasteiger partial charge in [0.2, 0.25) is 0 Å². The molecule has 1 aliphatic heterocycles. The van der Waals surface area contributed by atoms with Crippen LogP contribution in [0.4, 0.5) is 5.82 Å². The van der Waals surface area contributed by atoms with Crippen LogP contribution in [0.25, 0.3) is 0 Å². The summed E-state index contributed by atoms with van der Waals surface area (Å²) in [7, 11) is 1.75. The van der Waals surface area contributed by atoms with Crippen LogP contribution >= 0.6 is 0 Å². The van der Waals surface area contributed by atoms with E-state index in [1.165, 1.54) is 4.90 Å². The van der Waals surface area contributed by atoms with Crippen molar-refractivity contribution in [3.05, 3.63) is 23.4 Å². The van der Waals surface area contributed by atoms with Gasteiger partial charge in [0.1, 0.15) is 5.82 Å². The Balaban J connectivity index is 2.23. The molecule has 19 heavy (non-hydrogen) atoms. The fourth-order valence-electron chi connectivity index (χ4n) is 2.14. The SMILES string of the molecule is CCc1cc(C(=O)N2CC(O)C(O)C2)cc(NC)n1. The van der Waals surface area contributed by atoms with Crippen LogP contribution in [0.1, 0.15) is 23.0 Å². The number of hydrogen-bond donors (Lipinski definition) is 3. The Hall–Kier alpha value is -1.66. The quantitative estimate of drug-likeness (QED) is 0.708. The fourth-order valence-corrected chi connectivity index (χ4v) is 2.14. The standard InChI is InChI=1S/C13H19N3O3/c1-3-9-4-8(5-12(14-2)15-9)13(19)16-6-10(17)11(18)7-16/h4-5,10-11,17-18H,3,6-7H2,1-2H3,(H,14,15). The van der Waals surface area contributed by atoms with E-state index in [1.54, 1.807) is 19.2 Å². The van der Waals surface area contributed by atoms with Crippen molar-refractivity contribution in [1.29, 1.82) is 0 Å². The monoisotopic (exact) mass is 265 g/mol. The van der Waals surface area contributed by atoms with Crippen LogP contribution in [0, 0.1) is 0 Å². The minimum atomic E-state index is -0.861. The summed E-state index contributed by atoms with van der Waals surface area (Å²) >= 11 is 0. The molecule has 1 aliphatic rings. The molecule has 0 aromatic carbocycles. The summed E-state index contributed by atoms with van der Waals surface area (Å²) in [5.74, 6) is 0.451. The molecule has 2 rings (SSSR count). The number of aliphatic hydroxyl groups is 2. The third kappa shape index (κ3) is 2.85. The van der Waals surface area contributed by atoms with Gasteiger partial charge in [0, 0.05) is 31.4 Å². The number of carbonyl (C=O) groups excluding carboxylic acids is 1.